The van der Waals surface area contributed by atoms with E-state index in [2.05, 4.69) is 0 Å². The van der Waals surface area contributed by atoms with E-state index in [0.717, 1.165) is 11.8 Å². The van der Waals surface area contributed by atoms with E-state index in [4.69, 9.17) is 0 Å². The van der Waals surface area contributed by atoms with Crippen LogP contribution in [-0.2, 0) is 4.79 Å². The summed E-state index contributed by atoms with van der Waals surface area (Å²) in [6, 6.07) is 6.60. The molecule has 0 amide bonds. The standard InChI is InChI=1S/C10H10F2OS/c1-7(6-13)8-2-4-9(5-3-8)14-10(11)12/h2-7,10H,1H3. The number of aldehydes is 1. The molecule has 0 aliphatic heterocycles. The van der Waals surface area contributed by atoms with Crippen LogP contribution >= 0.6 is 11.8 Å². The van der Waals surface area contributed by atoms with E-state index in [1.54, 1.807) is 31.2 Å². The number of benzene rings is 1. The molecule has 1 nitrogen and oxygen atoms in total. The zero-order valence-corrected chi connectivity index (χ0v) is 8.43. The summed E-state index contributed by atoms with van der Waals surface area (Å²) in [5.74, 6) is -2.58. The maximum atomic E-state index is 12.0. The number of hydrogen-bond acceptors (Lipinski definition) is 2. The van der Waals surface area contributed by atoms with E-state index in [1.165, 1.54) is 0 Å². The highest BCUT2D eigenvalue weighted by molar-refractivity contribution is 7.99. The third-order valence-electron chi connectivity index (χ3n) is 1.84. The van der Waals surface area contributed by atoms with Crippen LogP contribution in [0, 0.1) is 0 Å². The average Bonchev–Trinajstić information content (AvgIpc) is 2.17. The first-order valence-electron chi connectivity index (χ1n) is 4.13. The van der Waals surface area contributed by atoms with E-state index in [-0.39, 0.29) is 5.92 Å². The number of hydrogen-bond donors (Lipinski definition) is 0. The molecule has 1 aromatic rings. The van der Waals surface area contributed by atoms with Crippen molar-refractivity contribution >= 4 is 18.0 Å². The van der Waals surface area contributed by atoms with E-state index in [9.17, 15) is 13.6 Å². The number of carbonyl (C=O) groups is 1. The number of alkyl halides is 2. The zero-order valence-electron chi connectivity index (χ0n) is 7.61. The summed E-state index contributed by atoms with van der Waals surface area (Å²) < 4.78 is 23.9. The Morgan fingerprint density at radius 2 is 1.86 bits per heavy atom. The maximum Gasteiger partial charge on any atom is 0.288 e. The highest BCUT2D eigenvalue weighted by atomic mass is 32.2. The van der Waals surface area contributed by atoms with Gasteiger partial charge < -0.3 is 4.79 Å². The Balaban J connectivity index is 2.73. The summed E-state index contributed by atoms with van der Waals surface area (Å²) in [7, 11) is 0. The molecule has 1 unspecified atom stereocenters. The van der Waals surface area contributed by atoms with E-state index >= 15 is 0 Å². The number of rotatable bonds is 4. The smallest absolute Gasteiger partial charge is 0.288 e. The van der Waals surface area contributed by atoms with Gasteiger partial charge >= 0.3 is 0 Å². The molecule has 14 heavy (non-hydrogen) atoms. The van der Waals surface area contributed by atoms with Crippen molar-refractivity contribution in [2.75, 3.05) is 0 Å². The van der Waals surface area contributed by atoms with Crippen molar-refractivity contribution in [2.24, 2.45) is 0 Å². The molecule has 0 radical (unpaired) electrons. The Labute approximate surface area is 85.5 Å². The van der Waals surface area contributed by atoms with Crippen LogP contribution in [0.4, 0.5) is 8.78 Å². The second kappa shape index (κ2) is 5.10. The van der Waals surface area contributed by atoms with Gasteiger partial charge in [0.05, 0.1) is 0 Å². The van der Waals surface area contributed by atoms with Gasteiger partial charge in [-0.1, -0.05) is 30.8 Å². The molecule has 0 N–H and O–H groups in total. The minimum Gasteiger partial charge on any atom is -0.303 e. The predicted octanol–water partition coefficient (Wildman–Crippen LogP) is 3.30. The van der Waals surface area contributed by atoms with Gasteiger partial charge in [0.15, 0.2) is 0 Å². The van der Waals surface area contributed by atoms with Crippen LogP contribution in [-0.4, -0.2) is 12.0 Å². The number of thioether (sulfide) groups is 1. The molecule has 0 bridgehead atoms. The van der Waals surface area contributed by atoms with Gasteiger partial charge in [-0.05, 0) is 17.7 Å². The molecule has 0 saturated heterocycles. The molecule has 76 valence electrons. The Kier molecular flexibility index (Phi) is 4.07. The first-order valence-corrected chi connectivity index (χ1v) is 5.01. The van der Waals surface area contributed by atoms with Gasteiger partial charge in [0, 0.05) is 10.8 Å². The number of halogens is 2. The van der Waals surface area contributed by atoms with Crippen LogP contribution in [0.3, 0.4) is 0 Å². The molecule has 0 aliphatic carbocycles. The lowest BCUT2D eigenvalue weighted by Gasteiger charge is -2.05. The summed E-state index contributed by atoms with van der Waals surface area (Å²) in [5, 5.41) is 0. The molecular weight excluding hydrogens is 206 g/mol. The molecule has 0 aliphatic rings. The minimum absolute atomic E-state index is 0.180. The van der Waals surface area contributed by atoms with Gasteiger partial charge in [-0.25, -0.2) is 0 Å². The van der Waals surface area contributed by atoms with E-state index in [0.29, 0.717) is 16.7 Å². The Morgan fingerprint density at radius 1 is 1.29 bits per heavy atom. The summed E-state index contributed by atoms with van der Waals surface area (Å²) in [4.78, 5) is 11.0. The van der Waals surface area contributed by atoms with Crippen molar-refractivity contribution in [3.8, 4) is 0 Å². The molecule has 0 aromatic heterocycles. The van der Waals surface area contributed by atoms with Crippen molar-refractivity contribution in [3.05, 3.63) is 29.8 Å². The molecule has 4 heteroatoms. The lowest BCUT2D eigenvalue weighted by molar-refractivity contribution is -0.108. The monoisotopic (exact) mass is 216 g/mol. The Hall–Kier alpha value is -0.900. The minimum atomic E-state index is -2.40. The van der Waals surface area contributed by atoms with Crippen molar-refractivity contribution < 1.29 is 13.6 Å². The van der Waals surface area contributed by atoms with Crippen LogP contribution in [0.5, 0.6) is 0 Å². The van der Waals surface area contributed by atoms with Gasteiger partial charge in [-0.3, -0.25) is 0 Å². The zero-order chi connectivity index (χ0) is 10.6. The molecule has 1 atom stereocenters. The first-order chi connectivity index (χ1) is 6.63. The summed E-state index contributed by atoms with van der Waals surface area (Å²) >= 11 is 0.505. The second-order valence-corrected chi connectivity index (χ2v) is 3.94. The van der Waals surface area contributed by atoms with Crippen LogP contribution in [0.1, 0.15) is 18.4 Å². The van der Waals surface area contributed by atoms with Crippen molar-refractivity contribution in [1.29, 1.82) is 0 Å². The quantitative estimate of drug-likeness (QED) is 0.567. The molecule has 0 fully saturated rings. The Bertz CT molecular complexity index is 297. The third-order valence-corrected chi connectivity index (χ3v) is 2.56. The fraction of sp³-hybridized carbons (Fsp3) is 0.300. The predicted molar refractivity (Wildman–Crippen MR) is 52.8 cm³/mol. The third kappa shape index (κ3) is 3.10. The van der Waals surface area contributed by atoms with Crippen molar-refractivity contribution in [1.82, 2.24) is 0 Å². The van der Waals surface area contributed by atoms with Gasteiger partial charge in [0.1, 0.15) is 6.29 Å². The SMILES string of the molecule is CC(C=O)c1ccc(SC(F)F)cc1. The van der Waals surface area contributed by atoms with Gasteiger partial charge in [-0.2, -0.15) is 8.78 Å². The Morgan fingerprint density at radius 3 is 2.29 bits per heavy atom. The molecule has 0 spiro atoms. The molecule has 0 saturated carbocycles. The van der Waals surface area contributed by atoms with Gasteiger partial charge in [-0.15, -0.1) is 0 Å². The molecule has 0 heterocycles. The lowest BCUT2D eigenvalue weighted by Crippen LogP contribution is -1.93. The summed E-state index contributed by atoms with van der Waals surface area (Å²) in [5.41, 5.74) is 0.846. The van der Waals surface area contributed by atoms with Crippen LogP contribution in [0.2, 0.25) is 0 Å². The van der Waals surface area contributed by atoms with Crippen molar-refractivity contribution in [3.63, 3.8) is 0 Å². The second-order valence-electron chi connectivity index (χ2n) is 2.87. The van der Waals surface area contributed by atoms with Gasteiger partial charge in [0.2, 0.25) is 0 Å². The molecule has 1 aromatic carbocycles. The molecular formula is C10H10F2OS. The fourth-order valence-corrected chi connectivity index (χ4v) is 1.53. The normalized spacial score (nSPS) is 12.9. The summed E-state index contributed by atoms with van der Waals surface area (Å²) in [6.07, 6.45) is 0.829. The van der Waals surface area contributed by atoms with Crippen LogP contribution < -0.4 is 0 Å². The molecule has 1 rings (SSSR count). The summed E-state index contributed by atoms with van der Waals surface area (Å²) in [6.45, 7) is 1.77. The lowest BCUT2D eigenvalue weighted by atomic mass is 10.0. The highest BCUT2D eigenvalue weighted by Crippen LogP contribution is 2.26. The maximum absolute atomic E-state index is 12.0. The van der Waals surface area contributed by atoms with E-state index in [1.807, 2.05) is 0 Å². The van der Waals surface area contributed by atoms with Crippen molar-refractivity contribution in [2.45, 2.75) is 23.5 Å². The number of carbonyl (C=O) groups excluding carboxylic acids is 1. The van der Waals surface area contributed by atoms with E-state index < -0.39 is 5.76 Å². The van der Waals surface area contributed by atoms with Crippen LogP contribution in [0.15, 0.2) is 29.2 Å². The first kappa shape index (κ1) is 11.2. The largest absolute Gasteiger partial charge is 0.303 e. The van der Waals surface area contributed by atoms with Gasteiger partial charge in [0.25, 0.3) is 5.76 Å². The fourth-order valence-electron chi connectivity index (χ4n) is 1.03. The van der Waals surface area contributed by atoms with Crippen LogP contribution in [0.25, 0.3) is 0 Å². The highest BCUT2D eigenvalue weighted by Gasteiger charge is 2.06. The topological polar surface area (TPSA) is 17.1 Å². The average molecular weight is 216 g/mol.